The molecule has 9 heteroatoms. The lowest BCUT2D eigenvalue weighted by Crippen LogP contribution is -2.64. The molecule has 0 aromatic heterocycles. The number of ether oxygens (including phenoxy) is 2. The quantitative estimate of drug-likeness (QED) is 0.161. The van der Waals surface area contributed by atoms with Gasteiger partial charge in [-0.3, -0.25) is 19.5 Å². The minimum atomic E-state index is -0.720. The van der Waals surface area contributed by atoms with E-state index in [2.05, 4.69) is 0 Å². The van der Waals surface area contributed by atoms with Gasteiger partial charge in [0.25, 0.3) is 5.91 Å². The number of hydrogen-bond acceptors (Lipinski definition) is 8. The second kappa shape index (κ2) is 13.4. The van der Waals surface area contributed by atoms with Crippen molar-refractivity contribution in [2.24, 2.45) is 4.99 Å². The Bertz CT molecular complexity index is 1650. The summed E-state index contributed by atoms with van der Waals surface area (Å²) in [6, 6.07) is 21.9. The Labute approximate surface area is 280 Å². The van der Waals surface area contributed by atoms with E-state index >= 15 is 0 Å². The Kier molecular flexibility index (Phi) is 9.68. The second-order valence-electron chi connectivity index (χ2n) is 13.9. The normalized spacial score (nSPS) is 18.3. The van der Waals surface area contributed by atoms with Crippen LogP contribution in [0.2, 0.25) is 0 Å². The van der Waals surface area contributed by atoms with Gasteiger partial charge in [0.05, 0.1) is 0 Å². The third kappa shape index (κ3) is 7.30. The summed E-state index contributed by atoms with van der Waals surface area (Å²) >= 11 is 1.46. The summed E-state index contributed by atoms with van der Waals surface area (Å²) in [6.45, 7) is 13.4. The molecule has 2 heterocycles. The summed E-state index contributed by atoms with van der Waals surface area (Å²) in [5.41, 5.74) is 3.92. The molecule has 0 aliphatic carbocycles. The lowest BCUT2D eigenvalue weighted by atomic mass is 9.78. The third-order valence-electron chi connectivity index (χ3n) is 8.22. The summed E-state index contributed by atoms with van der Waals surface area (Å²) in [6.07, 6.45) is 0.968. The Hall–Kier alpha value is -4.37. The van der Waals surface area contributed by atoms with Gasteiger partial charge in [0.1, 0.15) is 23.4 Å². The Morgan fingerprint density at radius 1 is 0.957 bits per heavy atom. The van der Waals surface area contributed by atoms with Gasteiger partial charge in [0.2, 0.25) is 0 Å². The fourth-order valence-corrected chi connectivity index (χ4v) is 7.06. The zero-order valence-corrected chi connectivity index (χ0v) is 28.8. The summed E-state index contributed by atoms with van der Waals surface area (Å²) in [5.74, 6) is -0.865. The van der Waals surface area contributed by atoms with Crippen molar-refractivity contribution in [3.63, 3.8) is 0 Å². The highest BCUT2D eigenvalue weighted by molar-refractivity contribution is 8.00. The predicted molar refractivity (Wildman–Crippen MR) is 184 cm³/mol. The molecule has 1 N–H and O–H groups in total. The van der Waals surface area contributed by atoms with Crippen LogP contribution in [0.15, 0.2) is 89.1 Å². The molecule has 47 heavy (non-hydrogen) atoms. The Morgan fingerprint density at radius 3 is 1.98 bits per heavy atom. The number of phenolic OH excluding ortho intramolecular Hbond substituents is 1. The van der Waals surface area contributed by atoms with E-state index < -0.39 is 29.5 Å². The van der Waals surface area contributed by atoms with E-state index in [1.54, 1.807) is 6.21 Å². The average Bonchev–Trinajstić information content (AvgIpc) is 3.02. The first kappa shape index (κ1) is 34.0. The zero-order chi connectivity index (χ0) is 34.1. The number of thioether (sulfide) groups is 1. The molecule has 1 fully saturated rings. The van der Waals surface area contributed by atoms with Crippen molar-refractivity contribution >= 4 is 35.8 Å². The molecule has 3 aromatic carbocycles. The largest absolute Gasteiger partial charge is 0.507 e. The van der Waals surface area contributed by atoms with Crippen LogP contribution >= 0.6 is 11.8 Å². The van der Waals surface area contributed by atoms with Crippen molar-refractivity contribution in [1.29, 1.82) is 0 Å². The van der Waals surface area contributed by atoms with E-state index in [4.69, 9.17) is 14.5 Å². The molecule has 0 radical (unpaired) electrons. The molecule has 2 aliphatic rings. The van der Waals surface area contributed by atoms with Gasteiger partial charge in [-0.1, -0.05) is 102 Å². The summed E-state index contributed by atoms with van der Waals surface area (Å²) in [7, 11) is 0. The van der Waals surface area contributed by atoms with Crippen LogP contribution in [-0.4, -0.2) is 57.8 Å². The SMILES string of the molecule is CC(=O)OCC1=C(C(=O)OC(c2ccccc2)c2ccccc2)N2C(=O)[C@@H](N=Cc3cc(C(C)(C)C)c(O)c(C(C)(C)C)c3)[C@@H]2SC1. The first-order valence-electron chi connectivity index (χ1n) is 15.7. The van der Waals surface area contributed by atoms with Crippen LogP contribution in [0.1, 0.15) is 82.4 Å². The van der Waals surface area contributed by atoms with Gasteiger partial charge in [-0.05, 0) is 39.7 Å². The fraction of sp³-hybridized carbons (Fsp3) is 0.368. The number of nitrogens with zero attached hydrogens (tertiary/aromatic N) is 2. The fourth-order valence-electron chi connectivity index (χ4n) is 5.74. The van der Waals surface area contributed by atoms with Crippen LogP contribution in [0.25, 0.3) is 0 Å². The van der Waals surface area contributed by atoms with Gasteiger partial charge in [0, 0.05) is 35.6 Å². The Balaban J connectivity index is 1.46. The minimum Gasteiger partial charge on any atom is -0.507 e. The van der Waals surface area contributed by atoms with Gasteiger partial charge in [-0.25, -0.2) is 4.79 Å². The predicted octanol–water partition coefficient (Wildman–Crippen LogP) is 6.84. The highest BCUT2D eigenvalue weighted by atomic mass is 32.2. The average molecular weight is 655 g/mol. The zero-order valence-electron chi connectivity index (χ0n) is 27.9. The molecule has 1 saturated heterocycles. The molecule has 0 bridgehead atoms. The molecule has 8 nitrogen and oxygen atoms in total. The van der Waals surface area contributed by atoms with Gasteiger partial charge in [0.15, 0.2) is 12.1 Å². The third-order valence-corrected chi connectivity index (χ3v) is 9.55. The molecule has 5 rings (SSSR count). The smallest absolute Gasteiger partial charge is 0.356 e. The van der Waals surface area contributed by atoms with Crippen molar-refractivity contribution in [3.05, 3.63) is 112 Å². The van der Waals surface area contributed by atoms with Gasteiger partial charge in [-0.2, -0.15) is 0 Å². The van der Waals surface area contributed by atoms with E-state index in [-0.39, 0.29) is 34.8 Å². The number of phenols is 1. The molecular formula is C38H42N2O6S. The summed E-state index contributed by atoms with van der Waals surface area (Å²) in [5, 5.41) is 10.7. The topological polar surface area (TPSA) is 106 Å². The molecule has 2 atom stereocenters. The monoisotopic (exact) mass is 654 g/mol. The number of aliphatic imine (C=N–C) groups is 1. The summed E-state index contributed by atoms with van der Waals surface area (Å²) in [4.78, 5) is 45.7. The number of aromatic hydroxyl groups is 1. The Morgan fingerprint density at radius 2 is 1.49 bits per heavy atom. The number of carbonyl (C=O) groups excluding carboxylic acids is 3. The molecular weight excluding hydrogens is 612 g/mol. The van der Waals surface area contributed by atoms with Gasteiger partial charge in [-0.15, -0.1) is 11.8 Å². The first-order valence-corrected chi connectivity index (χ1v) is 16.7. The number of rotatable bonds is 8. The van der Waals surface area contributed by atoms with Crippen LogP contribution in [-0.2, 0) is 34.7 Å². The highest BCUT2D eigenvalue weighted by Gasteiger charge is 2.54. The molecule has 0 spiro atoms. The van der Waals surface area contributed by atoms with Crippen LogP contribution in [0.3, 0.4) is 0 Å². The van der Waals surface area contributed by atoms with Crippen LogP contribution in [0, 0.1) is 0 Å². The maximum Gasteiger partial charge on any atom is 0.356 e. The maximum atomic E-state index is 14.0. The second-order valence-corrected chi connectivity index (χ2v) is 15.0. The molecule has 0 unspecified atom stereocenters. The van der Waals surface area contributed by atoms with Crippen molar-refractivity contribution in [1.82, 2.24) is 4.90 Å². The molecule has 3 aromatic rings. The highest BCUT2D eigenvalue weighted by Crippen LogP contribution is 2.44. The number of esters is 2. The molecule has 0 saturated carbocycles. The summed E-state index contributed by atoms with van der Waals surface area (Å²) < 4.78 is 11.5. The number of hydrogen-bond donors (Lipinski definition) is 1. The van der Waals surface area contributed by atoms with E-state index in [0.717, 1.165) is 27.8 Å². The molecule has 2 aliphatic heterocycles. The van der Waals surface area contributed by atoms with Crippen molar-refractivity contribution in [2.45, 2.75) is 76.8 Å². The van der Waals surface area contributed by atoms with E-state index in [0.29, 0.717) is 11.3 Å². The van der Waals surface area contributed by atoms with E-state index in [1.807, 2.05) is 114 Å². The van der Waals surface area contributed by atoms with Crippen molar-refractivity contribution < 1.29 is 29.0 Å². The number of β-lactam (4-membered cyclic amide) rings is 1. The van der Waals surface area contributed by atoms with Crippen molar-refractivity contribution in [2.75, 3.05) is 12.4 Å². The number of benzene rings is 3. The number of carbonyl (C=O) groups is 3. The minimum absolute atomic E-state index is 0.0954. The van der Waals surface area contributed by atoms with E-state index in [9.17, 15) is 19.5 Å². The first-order chi connectivity index (χ1) is 22.2. The lowest BCUT2D eigenvalue weighted by Gasteiger charge is -2.48. The van der Waals surface area contributed by atoms with Crippen molar-refractivity contribution in [3.8, 4) is 5.75 Å². The van der Waals surface area contributed by atoms with Gasteiger partial charge < -0.3 is 14.6 Å². The van der Waals surface area contributed by atoms with Crippen LogP contribution < -0.4 is 0 Å². The number of amides is 1. The molecule has 1 amide bonds. The maximum absolute atomic E-state index is 14.0. The van der Waals surface area contributed by atoms with Crippen LogP contribution in [0.4, 0.5) is 0 Å². The van der Waals surface area contributed by atoms with E-state index in [1.165, 1.54) is 23.6 Å². The molecule has 246 valence electrons. The lowest BCUT2D eigenvalue weighted by molar-refractivity contribution is -0.153. The van der Waals surface area contributed by atoms with Gasteiger partial charge >= 0.3 is 11.9 Å². The van der Waals surface area contributed by atoms with Crippen LogP contribution in [0.5, 0.6) is 5.75 Å². The number of fused-ring (bicyclic) bond motifs is 1. The standard InChI is InChI=1S/C38H42N2O6S/c1-23(41)45-21-27-22-47-35-30(39-20-24-18-28(37(2,3)4)32(42)29(19-24)38(5,6)7)34(43)40(35)31(27)36(44)46-33(25-14-10-8-11-15-25)26-16-12-9-13-17-26/h8-20,30,33,35,42H,21-22H2,1-7H3/t30-,35+/m1/s1.